The van der Waals surface area contributed by atoms with Crippen LogP contribution < -0.4 is 5.32 Å². The smallest absolute Gasteiger partial charge is 0.0837 e. The molecule has 3 rings (SSSR count). The highest BCUT2D eigenvalue weighted by Gasteiger charge is 2.21. The highest BCUT2D eigenvalue weighted by molar-refractivity contribution is 6.31. The third-order valence-corrected chi connectivity index (χ3v) is 3.98. The van der Waals surface area contributed by atoms with Crippen LogP contribution in [0.5, 0.6) is 0 Å². The van der Waals surface area contributed by atoms with Crippen LogP contribution in [0.15, 0.2) is 36.5 Å². The van der Waals surface area contributed by atoms with E-state index in [0.29, 0.717) is 5.02 Å². The van der Waals surface area contributed by atoms with Gasteiger partial charge in [0.1, 0.15) is 0 Å². The highest BCUT2D eigenvalue weighted by atomic mass is 35.5. The van der Waals surface area contributed by atoms with Gasteiger partial charge in [-0.2, -0.15) is 5.10 Å². The van der Waals surface area contributed by atoms with E-state index in [2.05, 4.69) is 27.5 Å². The molecule has 0 aliphatic rings. The van der Waals surface area contributed by atoms with Crippen molar-refractivity contribution in [1.82, 2.24) is 20.1 Å². The summed E-state index contributed by atoms with van der Waals surface area (Å²) in [5, 5.41) is 9.38. The van der Waals surface area contributed by atoms with Crippen LogP contribution in [0.4, 0.5) is 0 Å². The standard InChI is InChI=1S/C16H17ClN4/c1-10-8-12(11-6-4-5-7-14(11)20-10)15(18-2)16-13(17)9-19-21(16)3/h4-9,15,18H,1-3H3. The number of aromatic nitrogens is 3. The van der Waals surface area contributed by atoms with E-state index in [1.165, 1.54) is 0 Å². The van der Waals surface area contributed by atoms with Gasteiger partial charge in [0.2, 0.25) is 0 Å². The van der Waals surface area contributed by atoms with Crippen molar-refractivity contribution in [2.45, 2.75) is 13.0 Å². The van der Waals surface area contributed by atoms with Gasteiger partial charge in [0.15, 0.2) is 0 Å². The van der Waals surface area contributed by atoms with E-state index in [9.17, 15) is 0 Å². The van der Waals surface area contributed by atoms with Crippen molar-refractivity contribution < 1.29 is 0 Å². The number of aryl methyl sites for hydroxylation is 2. The monoisotopic (exact) mass is 300 g/mol. The predicted octanol–water partition coefficient (Wildman–Crippen LogP) is 3.24. The third kappa shape index (κ3) is 2.41. The van der Waals surface area contributed by atoms with Crippen LogP contribution in [-0.2, 0) is 7.05 Å². The molecule has 2 heterocycles. The van der Waals surface area contributed by atoms with Crippen LogP contribution in [0.2, 0.25) is 5.02 Å². The second-order valence-corrected chi connectivity index (χ2v) is 5.50. The Labute approximate surface area is 128 Å². The summed E-state index contributed by atoms with van der Waals surface area (Å²) in [6, 6.07) is 10.2. The molecule has 3 aromatic rings. The van der Waals surface area contributed by atoms with Crippen molar-refractivity contribution in [1.29, 1.82) is 0 Å². The molecule has 1 atom stereocenters. The fraction of sp³-hybridized carbons (Fsp3) is 0.250. The molecule has 108 valence electrons. The van der Waals surface area contributed by atoms with Crippen molar-refractivity contribution in [3.05, 3.63) is 58.5 Å². The molecular formula is C16H17ClN4. The Balaban J connectivity index is 2.27. The summed E-state index contributed by atoms with van der Waals surface area (Å²) in [6.45, 7) is 2.01. The average Bonchev–Trinajstić information content (AvgIpc) is 2.80. The largest absolute Gasteiger partial charge is 0.308 e. The van der Waals surface area contributed by atoms with E-state index in [1.54, 1.807) is 6.20 Å². The molecule has 0 saturated carbocycles. The first-order valence-electron chi connectivity index (χ1n) is 6.82. The Hall–Kier alpha value is -1.91. The second kappa shape index (κ2) is 5.47. The van der Waals surface area contributed by atoms with Gasteiger partial charge < -0.3 is 5.32 Å². The second-order valence-electron chi connectivity index (χ2n) is 5.09. The molecular weight excluding hydrogens is 284 g/mol. The minimum absolute atomic E-state index is 0.0309. The Morgan fingerprint density at radius 1 is 1.29 bits per heavy atom. The Morgan fingerprint density at radius 2 is 2.05 bits per heavy atom. The molecule has 0 saturated heterocycles. The topological polar surface area (TPSA) is 42.7 Å². The molecule has 0 fully saturated rings. The Morgan fingerprint density at radius 3 is 2.71 bits per heavy atom. The zero-order valence-corrected chi connectivity index (χ0v) is 13.0. The lowest BCUT2D eigenvalue weighted by Gasteiger charge is -2.20. The minimum atomic E-state index is -0.0309. The lowest BCUT2D eigenvalue weighted by Crippen LogP contribution is -2.21. The normalized spacial score (nSPS) is 12.8. The number of para-hydroxylation sites is 1. The Bertz CT molecular complexity index is 775. The molecule has 21 heavy (non-hydrogen) atoms. The molecule has 1 N–H and O–H groups in total. The van der Waals surface area contributed by atoms with Crippen LogP contribution in [-0.4, -0.2) is 21.8 Å². The SMILES string of the molecule is CNC(c1cc(C)nc2ccccc12)c1c(Cl)cnn1C. The van der Waals surface area contributed by atoms with E-state index in [0.717, 1.165) is 27.9 Å². The fourth-order valence-electron chi connectivity index (χ4n) is 2.76. The lowest BCUT2D eigenvalue weighted by molar-refractivity contribution is 0.608. The molecule has 1 aromatic carbocycles. The van der Waals surface area contributed by atoms with Crippen LogP contribution >= 0.6 is 11.6 Å². The van der Waals surface area contributed by atoms with Gasteiger partial charge in [-0.15, -0.1) is 0 Å². The molecule has 0 radical (unpaired) electrons. The van der Waals surface area contributed by atoms with E-state index in [-0.39, 0.29) is 6.04 Å². The zero-order chi connectivity index (χ0) is 15.0. The first kappa shape index (κ1) is 14.0. The molecule has 1 unspecified atom stereocenters. The molecule has 2 aromatic heterocycles. The van der Waals surface area contributed by atoms with Gasteiger partial charge in [0.05, 0.1) is 28.5 Å². The van der Waals surface area contributed by atoms with Crippen molar-refractivity contribution in [3.8, 4) is 0 Å². The van der Waals surface area contributed by atoms with Gasteiger partial charge in [-0.1, -0.05) is 29.8 Å². The van der Waals surface area contributed by atoms with Crippen LogP contribution in [0, 0.1) is 6.92 Å². The molecule has 0 amide bonds. The van der Waals surface area contributed by atoms with Gasteiger partial charge in [-0.3, -0.25) is 9.67 Å². The van der Waals surface area contributed by atoms with E-state index < -0.39 is 0 Å². The van der Waals surface area contributed by atoms with Crippen molar-refractivity contribution >= 4 is 22.5 Å². The summed E-state index contributed by atoms with van der Waals surface area (Å²) in [5.74, 6) is 0. The van der Waals surface area contributed by atoms with Crippen LogP contribution in [0.1, 0.15) is 23.0 Å². The summed E-state index contributed by atoms with van der Waals surface area (Å²) in [5.41, 5.74) is 4.09. The van der Waals surface area contributed by atoms with Crippen molar-refractivity contribution in [2.24, 2.45) is 7.05 Å². The number of halogens is 1. The molecule has 0 spiro atoms. The quantitative estimate of drug-likeness (QED) is 0.807. The summed E-state index contributed by atoms with van der Waals surface area (Å²) in [4.78, 5) is 4.60. The third-order valence-electron chi connectivity index (χ3n) is 3.69. The molecule has 0 bridgehead atoms. The molecule has 5 heteroatoms. The zero-order valence-electron chi connectivity index (χ0n) is 12.3. The van der Waals surface area contributed by atoms with Gasteiger partial charge in [-0.25, -0.2) is 0 Å². The lowest BCUT2D eigenvalue weighted by atomic mass is 9.98. The molecule has 4 nitrogen and oxygen atoms in total. The summed E-state index contributed by atoms with van der Waals surface area (Å²) >= 11 is 6.32. The maximum atomic E-state index is 6.32. The highest BCUT2D eigenvalue weighted by Crippen LogP contribution is 2.32. The number of fused-ring (bicyclic) bond motifs is 1. The summed E-state index contributed by atoms with van der Waals surface area (Å²) < 4.78 is 1.81. The van der Waals surface area contributed by atoms with Gasteiger partial charge >= 0.3 is 0 Å². The number of hydrogen-bond donors (Lipinski definition) is 1. The van der Waals surface area contributed by atoms with E-state index >= 15 is 0 Å². The molecule has 0 aliphatic carbocycles. The predicted molar refractivity (Wildman–Crippen MR) is 85.6 cm³/mol. The fourth-order valence-corrected chi connectivity index (χ4v) is 3.04. The summed E-state index contributed by atoms with van der Waals surface area (Å²) in [7, 11) is 3.83. The molecule has 0 aliphatic heterocycles. The average molecular weight is 301 g/mol. The maximum absolute atomic E-state index is 6.32. The first-order chi connectivity index (χ1) is 10.1. The number of nitrogens with zero attached hydrogens (tertiary/aromatic N) is 3. The summed E-state index contributed by atoms with van der Waals surface area (Å²) in [6.07, 6.45) is 1.68. The van der Waals surface area contributed by atoms with Gasteiger partial charge in [0, 0.05) is 18.1 Å². The first-order valence-corrected chi connectivity index (χ1v) is 7.20. The van der Waals surface area contributed by atoms with Gasteiger partial charge in [-0.05, 0) is 31.7 Å². The minimum Gasteiger partial charge on any atom is -0.308 e. The Kier molecular flexibility index (Phi) is 3.66. The number of benzene rings is 1. The van der Waals surface area contributed by atoms with E-state index in [1.807, 2.05) is 43.9 Å². The number of pyridine rings is 1. The van der Waals surface area contributed by atoms with Gasteiger partial charge in [0.25, 0.3) is 0 Å². The number of nitrogens with one attached hydrogen (secondary N) is 1. The number of hydrogen-bond acceptors (Lipinski definition) is 3. The number of rotatable bonds is 3. The van der Waals surface area contributed by atoms with Crippen molar-refractivity contribution in [3.63, 3.8) is 0 Å². The maximum Gasteiger partial charge on any atom is 0.0837 e. The van der Waals surface area contributed by atoms with Crippen molar-refractivity contribution in [2.75, 3.05) is 7.05 Å². The van der Waals surface area contributed by atoms with Crippen LogP contribution in [0.25, 0.3) is 10.9 Å². The van der Waals surface area contributed by atoms with Crippen LogP contribution in [0.3, 0.4) is 0 Å². The van der Waals surface area contributed by atoms with E-state index in [4.69, 9.17) is 11.6 Å².